The summed E-state index contributed by atoms with van der Waals surface area (Å²) in [5.74, 6) is 0. The van der Waals surface area contributed by atoms with Crippen LogP contribution in [-0.4, -0.2) is 24.0 Å². The van der Waals surface area contributed by atoms with Crippen LogP contribution in [-0.2, 0) is 4.74 Å². The van der Waals surface area contributed by atoms with Gasteiger partial charge in [0, 0.05) is 22.8 Å². The molecule has 2 N–H and O–H groups in total. The van der Waals surface area contributed by atoms with Gasteiger partial charge in [-0.05, 0) is 48.3 Å². The molecule has 0 saturated carbocycles. The molecule has 0 bridgehead atoms. The first-order chi connectivity index (χ1) is 8.08. The SMILES string of the molecule is CC(N)C(SC1CCOC1C)c1ccc(Br)s1. The van der Waals surface area contributed by atoms with Gasteiger partial charge in [-0.15, -0.1) is 23.1 Å². The van der Waals surface area contributed by atoms with Crippen LogP contribution in [0.25, 0.3) is 0 Å². The second-order valence-corrected chi connectivity index (χ2v) is 8.34. The van der Waals surface area contributed by atoms with Gasteiger partial charge in [0.05, 0.1) is 15.1 Å². The highest BCUT2D eigenvalue weighted by Gasteiger charge is 2.30. The molecular weight excluding hydrogens is 318 g/mol. The van der Waals surface area contributed by atoms with Gasteiger partial charge < -0.3 is 10.5 Å². The molecular formula is C12H18BrNOS2. The van der Waals surface area contributed by atoms with Crippen LogP contribution in [0.3, 0.4) is 0 Å². The number of ether oxygens (including phenoxy) is 1. The molecule has 1 aromatic heterocycles. The van der Waals surface area contributed by atoms with Crippen molar-refractivity contribution in [1.82, 2.24) is 0 Å². The Kier molecular flexibility index (Phi) is 4.95. The molecule has 96 valence electrons. The van der Waals surface area contributed by atoms with E-state index in [0.29, 0.717) is 16.6 Å². The Morgan fingerprint density at radius 3 is 2.82 bits per heavy atom. The maximum atomic E-state index is 6.13. The summed E-state index contributed by atoms with van der Waals surface area (Å²) in [6.07, 6.45) is 1.49. The Balaban J connectivity index is 2.07. The molecule has 1 aliphatic rings. The van der Waals surface area contributed by atoms with E-state index in [1.807, 2.05) is 11.8 Å². The number of thioether (sulfide) groups is 1. The van der Waals surface area contributed by atoms with Gasteiger partial charge >= 0.3 is 0 Å². The minimum atomic E-state index is 0.165. The highest BCUT2D eigenvalue weighted by molar-refractivity contribution is 9.11. The van der Waals surface area contributed by atoms with Crippen molar-refractivity contribution < 1.29 is 4.74 Å². The van der Waals surface area contributed by atoms with Crippen LogP contribution >= 0.6 is 39.0 Å². The van der Waals surface area contributed by atoms with Crippen molar-refractivity contribution >= 4 is 39.0 Å². The van der Waals surface area contributed by atoms with Crippen LogP contribution in [0.4, 0.5) is 0 Å². The highest BCUT2D eigenvalue weighted by Crippen LogP contribution is 2.42. The average Bonchev–Trinajstić information content (AvgIpc) is 2.84. The molecule has 0 aromatic carbocycles. The van der Waals surface area contributed by atoms with Crippen LogP contribution in [0.15, 0.2) is 15.9 Å². The molecule has 1 aliphatic heterocycles. The molecule has 0 radical (unpaired) electrons. The molecule has 2 nitrogen and oxygen atoms in total. The van der Waals surface area contributed by atoms with Gasteiger partial charge in [-0.1, -0.05) is 0 Å². The third-order valence-electron chi connectivity index (χ3n) is 2.98. The van der Waals surface area contributed by atoms with E-state index in [2.05, 4.69) is 41.9 Å². The molecule has 2 heterocycles. The lowest BCUT2D eigenvalue weighted by Gasteiger charge is -2.24. The van der Waals surface area contributed by atoms with Gasteiger partial charge in [0.2, 0.25) is 0 Å². The Bertz CT molecular complexity index is 369. The Hall–Kier alpha value is 0.450. The smallest absolute Gasteiger partial charge is 0.0701 e. The zero-order valence-corrected chi connectivity index (χ0v) is 13.3. The minimum Gasteiger partial charge on any atom is -0.377 e. The van der Waals surface area contributed by atoms with Crippen LogP contribution in [0.1, 0.15) is 30.4 Å². The van der Waals surface area contributed by atoms with E-state index >= 15 is 0 Å². The van der Waals surface area contributed by atoms with E-state index in [1.54, 1.807) is 11.3 Å². The summed E-state index contributed by atoms with van der Waals surface area (Å²) in [7, 11) is 0. The highest BCUT2D eigenvalue weighted by atomic mass is 79.9. The first kappa shape index (κ1) is 13.9. The maximum Gasteiger partial charge on any atom is 0.0701 e. The molecule has 4 atom stereocenters. The van der Waals surface area contributed by atoms with Crippen LogP contribution in [0.2, 0.25) is 0 Å². The van der Waals surface area contributed by atoms with E-state index < -0.39 is 0 Å². The number of thiophene rings is 1. The molecule has 1 fully saturated rings. The second kappa shape index (κ2) is 6.06. The number of nitrogens with two attached hydrogens (primary N) is 1. The van der Waals surface area contributed by atoms with Crippen molar-refractivity contribution in [2.75, 3.05) is 6.61 Å². The van der Waals surface area contributed by atoms with Crippen molar-refractivity contribution in [3.63, 3.8) is 0 Å². The summed E-state index contributed by atoms with van der Waals surface area (Å²) < 4.78 is 6.80. The lowest BCUT2D eigenvalue weighted by atomic mass is 10.2. The van der Waals surface area contributed by atoms with Gasteiger partial charge in [-0.25, -0.2) is 0 Å². The van der Waals surface area contributed by atoms with Gasteiger partial charge in [0.15, 0.2) is 0 Å². The van der Waals surface area contributed by atoms with Crippen LogP contribution < -0.4 is 5.73 Å². The third-order valence-corrected chi connectivity index (χ3v) is 6.78. The largest absolute Gasteiger partial charge is 0.377 e. The fourth-order valence-electron chi connectivity index (χ4n) is 2.01. The topological polar surface area (TPSA) is 35.2 Å². The summed E-state index contributed by atoms with van der Waals surface area (Å²) in [4.78, 5) is 1.36. The molecule has 1 saturated heterocycles. The Morgan fingerprint density at radius 1 is 1.59 bits per heavy atom. The van der Waals surface area contributed by atoms with Gasteiger partial charge in [0.25, 0.3) is 0 Å². The normalized spacial score (nSPS) is 28.2. The zero-order valence-electron chi connectivity index (χ0n) is 10.1. The molecule has 4 unspecified atom stereocenters. The predicted molar refractivity (Wildman–Crippen MR) is 79.8 cm³/mol. The molecule has 0 spiro atoms. The number of hydrogen-bond donors (Lipinski definition) is 1. The van der Waals surface area contributed by atoms with E-state index in [4.69, 9.17) is 10.5 Å². The molecule has 1 aromatic rings. The van der Waals surface area contributed by atoms with E-state index in [-0.39, 0.29) is 6.04 Å². The fraction of sp³-hybridized carbons (Fsp3) is 0.667. The van der Waals surface area contributed by atoms with Gasteiger partial charge in [-0.2, -0.15) is 0 Å². The van der Waals surface area contributed by atoms with Gasteiger partial charge in [-0.3, -0.25) is 0 Å². The Labute approximate surface area is 119 Å². The van der Waals surface area contributed by atoms with Crippen molar-refractivity contribution in [2.24, 2.45) is 5.73 Å². The zero-order chi connectivity index (χ0) is 12.4. The molecule has 0 aliphatic carbocycles. The fourth-order valence-corrected chi connectivity index (χ4v) is 5.21. The first-order valence-electron chi connectivity index (χ1n) is 5.86. The maximum absolute atomic E-state index is 6.13. The summed E-state index contributed by atoms with van der Waals surface area (Å²) in [5.41, 5.74) is 6.13. The van der Waals surface area contributed by atoms with Crippen LogP contribution in [0.5, 0.6) is 0 Å². The molecule has 0 amide bonds. The molecule has 17 heavy (non-hydrogen) atoms. The quantitative estimate of drug-likeness (QED) is 0.908. The summed E-state index contributed by atoms with van der Waals surface area (Å²) in [6, 6.07) is 4.44. The summed E-state index contributed by atoms with van der Waals surface area (Å²) in [5, 5.41) is 0.951. The van der Waals surface area contributed by atoms with E-state index in [0.717, 1.165) is 13.0 Å². The Morgan fingerprint density at radius 2 is 2.35 bits per heavy atom. The van der Waals surface area contributed by atoms with Crippen LogP contribution in [0, 0.1) is 0 Å². The van der Waals surface area contributed by atoms with E-state index in [9.17, 15) is 0 Å². The van der Waals surface area contributed by atoms with Crippen molar-refractivity contribution in [2.45, 2.75) is 42.9 Å². The number of hydrogen-bond acceptors (Lipinski definition) is 4. The molecule has 2 rings (SSSR count). The minimum absolute atomic E-state index is 0.165. The standard InChI is InChI=1S/C12H18BrNOS2/c1-7(14)12(10-3-4-11(13)16-10)17-9-5-6-15-8(9)2/h3-4,7-9,12H,5-6,14H2,1-2H3. The molecule has 5 heteroatoms. The number of rotatable bonds is 4. The monoisotopic (exact) mass is 335 g/mol. The first-order valence-corrected chi connectivity index (χ1v) is 8.41. The van der Waals surface area contributed by atoms with Crippen molar-refractivity contribution in [3.8, 4) is 0 Å². The van der Waals surface area contributed by atoms with Gasteiger partial charge in [0.1, 0.15) is 0 Å². The second-order valence-electron chi connectivity index (χ2n) is 4.46. The summed E-state index contributed by atoms with van der Waals surface area (Å²) in [6.45, 7) is 5.14. The predicted octanol–water partition coefficient (Wildman–Crippen LogP) is 3.81. The van der Waals surface area contributed by atoms with E-state index in [1.165, 1.54) is 8.66 Å². The summed E-state index contributed by atoms with van der Waals surface area (Å²) >= 11 is 7.28. The lowest BCUT2D eigenvalue weighted by molar-refractivity contribution is 0.127. The number of halogens is 1. The third kappa shape index (κ3) is 3.47. The average molecular weight is 336 g/mol. The van der Waals surface area contributed by atoms with Crippen molar-refractivity contribution in [1.29, 1.82) is 0 Å². The lowest BCUT2D eigenvalue weighted by Crippen LogP contribution is -2.25. The van der Waals surface area contributed by atoms with Crippen molar-refractivity contribution in [3.05, 3.63) is 20.8 Å².